The number of carbonyl (C=O) groups is 2. The number of carboxylic acid groups (broad SMARTS) is 1. The van der Waals surface area contributed by atoms with Crippen LogP contribution in [0.25, 0.3) is 11.3 Å². The number of carboxylic acids is 1. The van der Waals surface area contributed by atoms with Gasteiger partial charge in [-0.3, -0.25) is 9.48 Å². The smallest absolute Gasteiger partial charge is 0.356 e. The highest BCUT2D eigenvalue weighted by molar-refractivity contribution is 5.90. The monoisotopic (exact) mass is 266 g/mol. The van der Waals surface area contributed by atoms with E-state index in [2.05, 4.69) is 5.10 Å². The number of rotatable bonds is 3. The lowest BCUT2D eigenvalue weighted by Crippen LogP contribution is -2.00. The van der Waals surface area contributed by atoms with Crippen molar-refractivity contribution in [1.82, 2.24) is 9.78 Å². The van der Waals surface area contributed by atoms with Gasteiger partial charge >= 0.3 is 5.97 Å². The molecule has 0 amide bonds. The third kappa shape index (κ3) is 2.22. The Bertz CT molecular complexity index is 680. The first-order valence-corrected chi connectivity index (χ1v) is 5.16. The molecule has 0 fully saturated rings. The Hall–Kier alpha value is -2.57. The predicted molar refractivity (Wildman–Crippen MR) is 60.9 cm³/mol. The number of aldehydes is 1. The molecule has 0 aliphatic rings. The van der Waals surface area contributed by atoms with Crippen LogP contribution in [0.3, 0.4) is 0 Å². The number of carbonyl (C=O) groups excluding carboxylic acids is 1. The van der Waals surface area contributed by atoms with E-state index in [1.165, 1.54) is 17.8 Å². The lowest BCUT2D eigenvalue weighted by Gasteiger charge is -2.06. The maximum atomic E-state index is 13.2. The maximum Gasteiger partial charge on any atom is 0.356 e. The standard InChI is InChI=1S/C12H8F2N2O3/c1-16-11(4-10(15-16)12(18)19)7-3-9(14)8(13)2-6(7)5-17/h2-5H,1H3,(H,18,19). The van der Waals surface area contributed by atoms with Crippen LogP contribution in [0.1, 0.15) is 20.8 Å². The second-order valence-corrected chi connectivity index (χ2v) is 3.81. The number of hydrogen-bond donors (Lipinski definition) is 1. The van der Waals surface area contributed by atoms with Crippen molar-refractivity contribution >= 4 is 12.3 Å². The number of benzene rings is 1. The van der Waals surface area contributed by atoms with E-state index in [4.69, 9.17) is 5.11 Å². The third-order valence-electron chi connectivity index (χ3n) is 2.59. The molecule has 1 heterocycles. The first-order valence-electron chi connectivity index (χ1n) is 5.16. The molecule has 2 rings (SSSR count). The summed E-state index contributed by atoms with van der Waals surface area (Å²) < 4.78 is 27.5. The van der Waals surface area contributed by atoms with Gasteiger partial charge in [0.2, 0.25) is 0 Å². The van der Waals surface area contributed by atoms with E-state index in [0.29, 0.717) is 6.29 Å². The van der Waals surface area contributed by atoms with Crippen molar-refractivity contribution in [2.24, 2.45) is 7.05 Å². The Labute approximate surface area is 106 Å². The van der Waals surface area contributed by atoms with Crippen LogP contribution < -0.4 is 0 Å². The number of aryl methyl sites for hydroxylation is 1. The van der Waals surface area contributed by atoms with Gasteiger partial charge in [0, 0.05) is 18.2 Å². The highest BCUT2D eigenvalue weighted by atomic mass is 19.2. The van der Waals surface area contributed by atoms with Crippen LogP contribution in [0.2, 0.25) is 0 Å². The van der Waals surface area contributed by atoms with Gasteiger partial charge in [-0.15, -0.1) is 0 Å². The van der Waals surface area contributed by atoms with Crippen molar-refractivity contribution in [2.75, 3.05) is 0 Å². The van der Waals surface area contributed by atoms with Crippen LogP contribution in [0.5, 0.6) is 0 Å². The fourth-order valence-electron chi connectivity index (χ4n) is 1.71. The highest BCUT2D eigenvalue weighted by Crippen LogP contribution is 2.25. The number of aromatic nitrogens is 2. The van der Waals surface area contributed by atoms with Crippen molar-refractivity contribution in [3.63, 3.8) is 0 Å². The van der Waals surface area contributed by atoms with Gasteiger partial charge in [0.05, 0.1) is 5.69 Å². The van der Waals surface area contributed by atoms with Crippen LogP contribution in [-0.4, -0.2) is 27.1 Å². The molecule has 0 bridgehead atoms. The molecule has 0 atom stereocenters. The predicted octanol–water partition coefficient (Wildman–Crippen LogP) is 1.88. The summed E-state index contributed by atoms with van der Waals surface area (Å²) in [6.07, 6.45) is 0.366. The normalized spacial score (nSPS) is 10.5. The second kappa shape index (κ2) is 4.60. The summed E-state index contributed by atoms with van der Waals surface area (Å²) >= 11 is 0. The molecule has 0 aliphatic carbocycles. The molecule has 0 saturated heterocycles. The molecule has 7 heteroatoms. The molecule has 0 spiro atoms. The zero-order chi connectivity index (χ0) is 14.2. The fourth-order valence-corrected chi connectivity index (χ4v) is 1.71. The zero-order valence-corrected chi connectivity index (χ0v) is 9.72. The van der Waals surface area contributed by atoms with E-state index in [1.54, 1.807) is 0 Å². The molecule has 0 unspecified atom stereocenters. The Kier molecular flexibility index (Phi) is 3.12. The van der Waals surface area contributed by atoms with Crippen LogP contribution in [0.15, 0.2) is 18.2 Å². The van der Waals surface area contributed by atoms with Gasteiger partial charge in [0.1, 0.15) is 0 Å². The van der Waals surface area contributed by atoms with Crippen molar-refractivity contribution in [2.45, 2.75) is 0 Å². The van der Waals surface area contributed by atoms with Gasteiger partial charge < -0.3 is 5.11 Å². The van der Waals surface area contributed by atoms with Crippen LogP contribution in [0.4, 0.5) is 8.78 Å². The number of aromatic carboxylic acids is 1. The summed E-state index contributed by atoms with van der Waals surface area (Å²) in [7, 11) is 1.44. The molecule has 1 aromatic carbocycles. The molecular weight excluding hydrogens is 258 g/mol. The zero-order valence-electron chi connectivity index (χ0n) is 9.72. The van der Waals surface area contributed by atoms with E-state index < -0.39 is 17.6 Å². The first kappa shape index (κ1) is 12.9. The molecule has 1 aromatic heterocycles. The van der Waals surface area contributed by atoms with Crippen molar-refractivity contribution < 1.29 is 23.5 Å². The molecule has 1 N–H and O–H groups in total. The minimum Gasteiger partial charge on any atom is -0.476 e. The summed E-state index contributed by atoms with van der Waals surface area (Å²) in [5, 5.41) is 12.5. The molecule has 0 saturated carbocycles. The Morgan fingerprint density at radius 2 is 1.95 bits per heavy atom. The summed E-state index contributed by atoms with van der Waals surface area (Å²) in [6.45, 7) is 0. The summed E-state index contributed by atoms with van der Waals surface area (Å²) in [4.78, 5) is 21.7. The first-order chi connectivity index (χ1) is 8.93. The maximum absolute atomic E-state index is 13.2. The van der Waals surface area contributed by atoms with E-state index in [9.17, 15) is 18.4 Å². The molecule has 98 valence electrons. The summed E-state index contributed by atoms with van der Waals surface area (Å²) in [6, 6.07) is 2.77. The van der Waals surface area contributed by atoms with E-state index >= 15 is 0 Å². The number of halogens is 2. The average Bonchev–Trinajstić information content (AvgIpc) is 2.74. The Morgan fingerprint density at radius 1 is 1.32 bits per heavy atom. The lowest BCUT2D eigenvalue weighted by molar-refractivity contribution is 0.0689. The van der Waals surface area contributed by atoms with Crippen molar-refractivity contribution in [3.05, 3.63) is 41.1 Å². The molecule has 5 nitrogen and oxygen atoms in total. The largest absolute Gasteiger partial charge is 0.476 e. The minimum absolute atomic E-state index is 0.0800. The van der Waals surface area contributed by atoms with Crippen molar-refractivity contribution in [3.8, 4) is 11.3 Å². The van der Waals surface area contributed by atoms with Crippen molar-refractivity contribution in [1.29, 1.82) is 0 Å². The second-order valence-electron chi connectivity index (χ2n) is 3.81. The van der Waals surface area contributed by atoms with E-state index in [1.807, 2.05) is 0 Å². The van der Waals surface area contributed by atoms with Gasteiger partial charge in [-0.1, -0.05) is 0 Å². The summed E-state index contributed by atoms with van der Waals surface area (Å²) in [5.74, 6) is -3.53. The minimum atomic E-state index is -1.25. The average molecular weight is 266 g/mol. The van der Waals surface area contributed by atoms with E-state index in [-0.39, 0.29) is 22.5 Å². The fraction of sp³-hybridized carbons (Fsp3) is 0.0833. The number of nitrogens with zero attached hydrogens (tertiary/aromatic N) is 2. The molecular formula is C12H8F2N2O3. The van der Waals surface area contributed by atoms with Gasteiger partial charge in [-0.2, -0.15) is 5.10 Å². The van der Waals surface area contributed by atoms with Crippen LogP contribution in [0, 0.1) is 11.6 Å². The third-order valence-corrected chi connectivity index (χ3v) is 2.59. The molecule has 0 aliphatic heterocycles. The quantitative estimate of drug-likeness (QED) is 0.861. The van der Waals surface area contributed by atoms with Crippen LogP contribution >= 0.6 is 0 Å². The highest BCUT2D eigenvalue weighted by Gasteiger charge is 2.17. The van der Waals surface area contributed by atoms with Gasteiger partial charge in [-0.25, -0.2) is 13.6 Å². The Balaban J connectivity index is 2.67. The number of hydrogen-bond acceptors (Lipinski definition) is 3. The molecule has 0 radical (unpaired) electrons. The summed E-state index contributed by atoms with van der Waals surface area (Å²) in [5.41, 5.74) is -0.0484. The van der Waals surface area contributed by atoms with Gasteiger partial charge in [0.25, 0.3) is 0 Å². The molecule has 19 heavy (non-hydrogen) atoms. The lowest BCUT2D eigenvalue weighted by atomic mass is 10.0. The SMILES string of the molecule is Cn1nc(C(=O)O)cc1-c1cc(F)c(F)cc1C=O. The van der Waals surface area contributed by atoms with Gasteiger partial charge in [0.15, 0.2) is 23.6 Å². The van der Waals surface area contributed by atoms with Gasteiger partial charge in [-0.05, 0) is 18.2 Å². The van der Waals surface area contributed by atoms with Crippen LogP contribution in [-0.2, 0) is 7.05 Å². The van der Waals surface area contributed by atoms with E-state index in [0.717, 1.165) is 12.1 Å². The Morgan fingerprint density at radius 3 is 2.47 bits per heavy atom. The topological polar surface area (TPSA) is 72.2 Å². The molecule has 2 aromatic rings.